The van der Waals surface area contributed by atoms with Crippen LogP contribution in [0.1, 0.15) is 26.2 Å². The van der Waals surface area contributed by atoms with E-state index >= 15 is 0 Å². The van der Waals surface area contributed by atoms with Crippen molar-refractivity contribution in [2.75, 3.05) is 12.9 Å². The van der Waals surface area contributed by atoms with Crippen molar-refractivity contribution in [1.29, 1.82) is 0 Å². The van der Waals surface area contributed by atoms with Gasteiger partial charge in [0.15, 0.2) is 0 Å². The van der Waals surface area contributed by atoms with Gasteiger partial charge in [-0.25, -0.2) is 0 Å². The number of carbonyl (C=O) groups excluding carboxylic acids is 2. The van der Waals surface area contributed by atoms with Gasteiger partial charge in [0.25, 0.3) is 0 Å². The average Bonchev–Trinajstić information content (AvgIpc) is 2.94. The van der Waals surface area contributed by atoms with Crippen LogP contribution in [0.5, 0.6) is 0 Å². The zero-order valence-corrected chi connectivity index (χ0v) is 9.93. The molecule has 15 heavy (non-hydrogen) atoms. The first kappa shape index (κ1) is 12.4. The van der Waals surface area contributed by atoms with Gasteiger partial charge in [-0.1, -0.05) is 0 Å². The maximum Gasteiger partial charge on any atom is 0.306 e. The van der Waals surface area contributed by atoms with Crippen LogP contribution in [-0.2, 0) is 14.3 Å². The Labute approximate surface area is 93.9 Å². The van der Waals surface area contributed by atoms with E-state index in [1.54, 1.807) is 6.92 Å². The van der Waals surface area contributed by atoms with Crippen molar-refractivity contribution < 1.29 is 14.3 Å². The van der Waals surface area contributed by atoms with E-state index in [9.17, 15) is 9.59 Å². The molecular weight excluding hydrogens is 214 g/mol. The number of amides is 1. The molecule has 0 saturated heterocycles. The summed E-state index contributed by atoms with van der Waals surface area (Å²) in [4.78, 5) is 21.9. The van der Waals surface area contributed by atoms with Crippen LogP contribution in [0.4, 0.5) is 0 Å². The molecule has 4 nitrogen and oxygen atoms in total. The van der Waals surface area contributed by atoms with E-state index in [2.05, 4.69) is 4.74 Å². The molecule has 0 bridgehead atoms. The number of hydrogen-bond donors (Lipinski definition) is 1. The lowest BCUT2D eigenvalue weighted by Gasteiger charge is -2.15. The van der Waals surface area contributed by atoms with Gasteiger partial charge in [0, 0.05) is 5.75 Å². The molecular formula is C10H17NO3S. The van der Waals surface area contributed by atoms with Crippen LogP contribution >= 0.6 is 11.8 Å². The highest BCUT2D eigenvalue weighted by molar-refractivity contribution is 8.00. The molecule has 0 spiro atoms. The van der Waals surface area contributed by atoms with Crippen molar-refractivity contribution >= 4 is 23.6 Å². The Morgan fingerprint density at radius 3 is 2.53 bits per heavy atom. The van der Waals surface area contributed by atoms with E-state index in [4.69, 9.17) is 5.73 Å². The van der Waals surface area contributed by atoms with Crippen molar-refractivity contribution in [2.45, 2.75) is 31.4 Å². The summed E-state index contributed by atoms with van der Waals surface area (Å²) in [7, 11) is 1.40. The second kappa shape index (κ2) is 4.88. The Hall–Kier alpha value is -0.710. The molecule has 0 radical (unpaired) electrons. The van der Waals surface area contributed by atoms with E-state index in [1.165, 1.54) is 18.9 Å². The Bertz CT molecular complexity index is 263. The number of ether oxygens (including phenoxy) is 1. The molecule has 1 aliphatic rings. The minimum absolute atomic E-state index is 0.0709. The van der Waals surface area contributed by atoms with Crippen molar-refractivity contribution in [1.82, 2.24) is 0 Å². The van der Waals surface area contributed by atoms with Gasteiger partial charge in [0.05, 0.1) is 18.8 Å². The predicted molar refractivity (Wildman–Crippen MR) is 59.4 cm³/mol. The third kappa shape index (κ3) is 3.74. The average molecular weight is 231 g/mol. The molecule has 1 fully saturated rings. The molecule has 1 atom stereocenters. The molecule has 2 N–H and O–H groups in total. The van der Waals surface area contributed by atoms with Crippen molar-refractivity contribution in [2.24, 2.45) is 11.1 Å². The van der Waals surface area contributed by atoms with Crippen LogP contribution in [-0.4, -0.2) is 30.0 Å². The summed E-state index contributed by atoms with van der Waals surface area (Å²) in [6.07, 6.45) is 2.54. The molecule has 1 aliphatic carbocycles. The summed E-state index contributed by atoms with van der Waals surface area (Å²) in [5.41, 5.74) is 5.23. The zero-order valence-electron chi connectivity index (χ0n) is 9.12. The summed E-state index contributed by atoms with van der Waals surface area (Å²) in [5.74, 6) is 0.348. The molecule has 1 unspecified atom stereocenters. The van der Waals surface area contributed by atoms with Gasteiger partial charge < -0.3 is 10.5 Å². The Morgan fingerprint density at radius 2 is 2.13 bits per heavy atom. The van der Waals surface area contributed by atoms with Crippen LogP contribution in [0, 0.1) is 5.41 Å². The van der Waals surface area contributed by atoms with Gasteiger partial charge in [-0.3, -0.25) is 9.59 Å². The standard InChI is InChI=1S/C10H17NO3S/c1-7(9(11)13)15-6-10(3-4-10)5-8(12)14-2/h7H,3-6H2,1-2H3,(H2,11,13). The molecule has 0 heterocycles. The van der Waals surface area contributed by atoms with Crippen molar-refractivity contribution in [3.8, 4) is 0 Å². The molecule has 0 aliphatic heterocycles. The van der Waals surface area contributed by atoms with Gasteiger partial charge in [0.1, 0.15) is 0 Å². The highest BCUT2D eigenvalue weighted by Gasteiger charge is 2.44. The van der Waals surface area contributed by atoms with Gasteiger partial charge >= 0.3 is 5.97 Å². The minimum Gasteiger partial charge on any atom is -0.469 e. The lowest BCUT2D eigenvalue weighted by molar-refractivity contribution is -0.141. The zero-order chi connectivity index (χ0) is 11.5. The molecule has 86 valence electrons. The Balaban J connectivity index is 2.31. The number of rotatable bonds is 6. The monoisotopic (exact) mass is 231 g/mol. The quantitative estimate of drug-likeness (QED) is 0.691. The third-order valence-electron chi connectivity index (χ3n) is 2.74. The van der Waals surface area contributed by atoms with Crippen LogP contribution < -0.4 is 5.73 Å². The maximum atomic E-state index is 11.1. The Kier molecular flexibility index (Phi) is 4.02. The van der Waals surface area contributed by atoms with Crippen LogP contribution in [0.2, 0.25) is 0 Å². The fraction of sp³-hybridized carbons (Fsp3) is 0.800. The van der Waals surface area contributed by atoms with Crippen LogP contribution in [0.25, 0.3) is 0 Å². The summed E-state index contributed by atoms with van der Waals surface area (Å²) >= 11 is 1.52. The molecule has 1 saturated carbocycles. The number of nitrogens with two attached hydrogens (primary N) is 1. The van der Waals surface area contributed by atoms with Gasteiger partial charge in [-0.15, -0.1) is 11.8 Å². The maximum absolute atomic E-state index is 11.1. The topological polar surface area (TPSA) is 69.4 Å². The summed E-state index contributed by atoms with van der Waals surface area (Å²) < 4.78 is 4.64. The number of thioether (sulfide) groups is 1. The molecule has 0 aromatic carbocycles. The highest BCUT2D eigenvalue weighted by Crippen LogP contribution is 2.51. The molecule has 1 rings (SSSR count). The molecule has 0 aromatic heterocycles. The molecule has 0 aromatic rings. The van der Waals surface area contributed by atoms with Crippen molar-refractivity contribution in [3.63, 3.8) is 0 Å². The summed E-state index contributed by atoms with van der Waals surface area (Å²) in [6.45, 7) is 1.79. The lowest BCUT2D eigenvalue weighted by atomic mass is 10.1. The second-order valence-electron chi connectivity index (χ2n) is 4.11. The smallest absolute Gasteiger partial charge is 0.306 e. The van der Waals surface area contributed by atoms with Crippen LogP contribution in [0.3, 0.4) is 0 Å². The predicted octanol–water partition coefficient (Wildman–Crippen LogP) is 0.937. The Morgan fingerprint density at radius 1 is 1.53 bits per heavy atom. The van der Waals surface area contributed by atoms with E-state index in [0.29, 0.717) is 6.42 Å². The van der Waals surface area contributed by atoms with Gasteiger partial charge in [0.2, 0.25) is 5.91 Å². The summed E-state index contributed by atoms with van der Waals surface area (Å²) in [6, 6.07) is 0. The molecule has 5 heteroatoms. The molecule has 1 amide bonds. The highest BCUT2D eigenvalue weighted by atomic mass is 32.2. The number of hydrogen-bond acceptors (Lipinski definition) is 4. The first-order valence-electron chi connectivity index (χ1n) is 4.97. The summed E-state index contributed by atoms with van der Waals surface area (Å²) in [5, 5.41) is -0.180. The van der Waals surface area contributed by atoms with E-state index in [1.807, 2.05) is 0 Å². The number of primary amides is 1. The number of carbonyl (C=O) groups is 2. The number of esters is 1. The normalized spacial score (nSPS) is 19.3. The first-order valence-corrected chi connectivity index (χ1v) is 6.02. The fourth-order valence-electron chi connectivity index (χ4n) is 1.31. The van der Waals surface area contributed by atoms with Gasteiger partial charge in [-0.2, -0.15) is 0 Å². The number of methoxy groups -OCH3 is 1. The minimum atomic E-state index is -0.297. The first-order chi connectivity index (χ1) is 6.99. The largest absolute Gasteiger partial charge is 0.469 e. The van der Waals surface area contributed by atoms with Gasteiger partial charge in [-0.05, 0) is 25.2 Å². The van der Waals surface area contributed by atoms with Crippen molar-refractivity contribution in [3.05, 3.63) is 0 Å². The van der Waals surface area contributed by atoms with E-state index in [0.717, 1.165) is 18.6 Å². The van der Waals surface area contributed by atoms with E-state index < -0.39 is 0 Å². The second-order valence-corrected chi connectivity index (χ2v) is 5.44. The van der Waals surface area contributed by atoms with Crippen LogP contribution in [0.15, 0.2) is 0 Å². The SMILES string of the molecule is COC(=O)CC1(CSC(C)C(N)=O)CC1. The fourth-order valence-corrected chi connectivity index (χ4v) is 2.47. The van der Waals surface area contributed by atoms with E-state index in [-0.39, 0.29) is 22.5 Å². The third-order valence-corrected chi connectivity index (χ3v) is 4.26. The lowest BCUT2D eigenvalue weighted by Crippen LogP contribution is -2.24.